The molecule has 1 aromatic carbocycles. The predicted molar refractivity (Wildman–Crippen MR) is 56.5 cm³/mol. The minimum Gasteiger partial charge on any atom is -0.312 e. The van der Waals surface area contributed by atoms with Crippen molar-refractivity contribution in [1.82, 2.24) is 5.32 Å². The third kappa shape index (κ3) is 4.49. The standard InChI is InChI=1S/C10H10BrF4N/c11-9-7(2-1-3-8(9)12)6-16-5-4-10(13,14)15/h1-3,16H,4-6H2. The van der Waals surface area contributed by atoms with Gasteiger partial charge in [-0.25, -0.2) is 4.39 Å². The SMILES string of the molecule is Fc1cccc(CNCCC(F)(F)F)c1Br. The smallest absolute Gasteiger partial charge is 0.312 e. The minimum atomic E-state index is -4.16. The summed E-state index contributed by atoms with van der Waals surface area (Å²) in [6.07, 6.45) is -5.05. The van der Waals surface area contributed by atoms with Crippen LogP contribution >= 0.6 is 15.9 Å². The van der Waals surface area contributed by atoms with Gasteiger partial charge in [-0.1, -0.05) is 12.1 Å². The van der Waals surface area contributed by atoms with Gasteiger partial charge in [0.1, 0.15) is 5.82 Å². The van der Waals surface area contributed by atoms with Gasteiger partial charge in [-0.05, 0) is 27.6 Å². The van der Waals surface area contributed by atoms with Gasteiger partial charge in [0.05, 0.1) is 10.9 Å². The fraction of sp³-hybridized carbons (Fsp3) is 0.400. The summed E-state index contributed by atoms with van der Waals surface area (Å²) in [6.45, 7) is 0.0286. The van der Waals surface area contributed by atoms with Gasteiger partial charge in [-0.3, -0.25) is 0 Å². The maximum absolute atomic E-state index is 13.0. The second-order valence-electron chi connectivity index (χ2n) is 3.25. The fourth-order valence-electron chi connectivity index (χ4n) is 1.14. The Morgan fingerprint density at radius 1 is 1.25 bits per heavy atom. The number of alkyl halides is 3. The van der Waals surface area contributed by atoms with E-state index in [0.29, 0.717) is 5.56 Å². The van der Waals surface area contributed by atoms with Crippen LogP contribution in [0.5, 0.6) is 0 Å². The zero-order chi connectivity index (χ0) is 12.2. The molecule has 1 aromatic rings. The van der Waals surface area contributed by atoms with Crippen molar-refractivity contribution >= 4 is 15.9 Å². The van der Waals surface area contributed by atoms with Crippen molar-refractivity contribution < 1.29 is 17.6 Å². The second-order valence-corrected chi connectivity index (χ2v) is 4.05. The van der Waals surface area contributed by atoms with Gasteiger partial charge in [0, 0.05) is 13.1 Å². The predicted octanol–water partition coefficient (Wildman–Crippen LogP) is 3.63. The van der Waals surface area contributed by atoms with E-state index in [2.05, 4.69) is 21.2 Å². The molecule has 0 saturated heterocycles. The summed E-state index contributed by atoms with van der Waals surface area (Å²) in [5.74, 6) is -0.421. The van der Waals surface area contributed by atoms with Crippen molar-refractivity contribution in [2.24, 2.45) is 0 Å². The first-order valence-corrected chi connectivity index (χ1v) is 5.40. The Hall–Kier alpha value is -0.620. The Balaban J connectivity index is 2.41. The Kier molecular flexibility index (Phi) is 4.73. The van der Waals surface area contributed by atoms with E-state index in [0.717, 1.165) is 0 Å². The average molecular weight is 300 g/mol. The number of hydrogen-bond acceptors (Lipinski definition) is 1. The molecule has 0 radical (unpaired) electrons. The molecule has 0 amide bonds. The van der Waals surface area contributed by atoms with Gasteiger partial charge in [-0.15, -0.1) is 0 Å². The highest BCUT2D eigenvalue weighted by molar-refractivity contribution is 9.10. The molecule has 0 bridgehead atoms. The lowest BCUT2D eigenvalue weighted by atomic mass is 10.2. The molecule has 0 spiro atoms. The Morgan fingerprint density at radius 2 is 1.94 bits per heavy atom. The van der Waals surface area contributed by atoms with Gasteiger partial charge in [0.15, 0.2) is 0 Å². The Morgan fingerprint density at radius 3 is 2.56 bits per heavy atom. The highest BCUT2D eigenvalue weighted by atomic mass is 79.9. The largest absolute Gasteiger partial charge is 0.390 e. The maximum atomic E-state index is 13.0. The van der Waals surface area contributed by atoms with Crippen molar-refractivity contribution in [3.8, 4) is 0 Å². The molecule has 16 heavy (non-hydrogen) atoms. The lowest BCUT2D eigenvalue weighted by molar-refractivity contribution is -0.133. The number of rotatable bonds is 4. The van der Waals surface area contributed by atoms with Crippen LogP contribution in [0, 0.1) is 5.82 Å². The number of hydrogen-bond donors (Lipinski definition) is 1. The number of benzene rings is 1. The van der Waals surface area contributed by atoms with Crippen LogP contribution in [0.15, 0.2) is 22.7 Å². The van der Waals surface area contributed by atoms with Crippen LogP contribution in [-0.4, -0.2) is 12.7 Å². The molecule has 1 N–H and O–H groups in total. The van der Waals surface area contributed by atoms with Crippen molar-refractivity contribution in [2.75, 3.05) is 6.54 Å². The third-order valence-corrected chi connectivity index (χ3v) is 2.82. The van der Waals surface area contributed by atoms with Gasteiger partial charge < -0.3 is 5.32 Å². The van der Waals surface area contributed by atoms with E-state index in [1.807, 2.05) is 0 Å². The highest BCUT2D eigenvalue weighted by Crippen LogP contribution is 2.21. The van der Waals surface area contributed by atoms with Gasteiger partial charge in [-0.2, -0.15) is 13.2 Å². The van der Waals surface area contributed by atoms with Crippen LogP contribution in [0.25, 0.3) is 0 Å². The molecule has 1 nitrogen and oxygen atoms in total. The van der Waals surface area contributed by atoms with E-state index in [9.17, 15) is 17.6 Å². The summed E-state index contributed by atoms with van der Waals surface area (Å²) in [7, 11) is 0. The first-order chi connectivity index (χ1) is 7.40. The molecule has 0 heterocycles. The minimum absolute atomic E-state index is 0.174. The monoisotopic (exact) mass is 299 g/mol. The third-order valence-electron chi connectivity index (χ3n) is 1.93. The lowest BCUT2D eigenvalue weighted by Gasteiger charge is -2.09. The van der Waals surface area contributed by atoms with Crippen molar-refractivity contribution in [3.05, 3.63) is 34.1 Å². The summed E-state index contributed by atoms with van der Waals surface area (Å²) in [5, 5.41) is 2.61. The van der Waals surface area contributed by atoms with E-state index in [4.69, 9.17) is 0 Å². The molecule has 0 atom stereocenters. The molecule has 6 heteroatoms. The summed E-state index contributed by atoms with van der Waals surface area (Å²) >= 11 is 3.03. The van der Waals surface area contributed by atoms with Crippen LogP contribution < -0.4 is 5.32 Å². The van der Waals surface area contributed by atoms with Gasteiger partial charge >= 0.3 is 6.18 Å². The highest BCUT2D eigenvalue weighted by Gasteiger charge is 2.25. The number of nitrogens with one attached hydrogen (secondary N) is 1. The normalized spacial score (nSPS) is 11.8. The topological polar surface area (TPSA) is 12.0 Å². The van der Waals surface area contributed by atoms with E-state index < -0.39 is 18.4 Å². The van der Waals surface area contributed by atoms with E-state index >= 15 is 0 Å². The quantitative estimate of drug-likeness (QED) is 0.661. The molecule has 0 aromatic heterocycles. The van der Waals surface area contributed by atoms with Crippen LogP contribution in [0.2, 0.25) is 0 Å². The van der Waals surface area contributed by atoms with Gasteiger partial charge in [0.25, 0.3) is 0 Å². The first kappa shape index (κ1) is 13.4. The molecule has 1 rings (SSSR count). The summed E-state index contributed by atoms with van der Waals surface area (Å²) in [4.78, 5) is 0. The van der Waals surface area contributed by atoms with Crippen molar-refractivity contribution in [1.29, 1.82) is 0 Å². The first-order valence-electron chi connectivity index (χ1n) is 4.60. The zero-order valence-corrected chi connectivity index (χ0v) is 9.83. The molecule has 0 fully saturated rings. The molecule has 0 aliphatic rings. The molecule has 0 saturated carbocycles. The average Bonchev–Trinajstić information content (AvgIpc) is 2.17. The van der Waals surface area contributed by atoms with Crippen LogP contribution in [-0.2, 0) is 6.54 Å². The van der Waals surface area contributed by atoms with E-state index in [1.165, 1.54) is 12.1 Å². The number of halogens is 5. The fourth-order valence-corrected chi connectivity index (χ4v) is 1.54. The van der Waals surface area contributed by atoms with Gasteiger partial charge in [0.2, 0.25) is 0 Å². The maximum Gasteiger partial charge on any atom is 0.390 e. The Bertz CT molecular complexity index is 351. The van der Waals surface area contributed by atoms with Crippen LogP contribution in [0.1, 0.15) is 12.0 Å². The molecular formula is C10H10BrF4N. The van der Waals surface area contributed by atoms with Crippen molar-refractivity contribution in [3.63, 3.8) is 0 Å². The second kappa shape index (κ2) is 5.63. The van der Waals surface area contributed by atoms with Crippen LogP contribution in [0.3, 0.4) is 0 Å². The molecule has 0 aliphatic carbocycles. The molecule has 90 valence electrons. The molecule has 0 unspecified atom stereocenters. The summed E-state index contributed by atoms with van der Waals surface area (Å²) in [5.41, 5.74) is 0.599. The van der Waals surface area contributed by atoms with E-state index in [-0.39, 0.29) is 17.6 Å². The lowest BCUT2D eigenvalue weighted by Crippen LogP contribution is -2.21. The zero-order valence-electron chi connectivity index (χ0n) is 8.24. The summed E-state index contributed by atoms with van der Waals surface area (Å²) in [6, 6.07) is 4.44. The molecular weight excluding hydrogens is 290 g/mol. The van der Waals surface area contributed by atoms with Crippen molar-refractivity contribution in [2.45, 2.75) is 19.1 Å². The Labute approximate surface area is 99.0 Å². The molecule has 0 aliphatic heterocycles. The summed E-state index contributed by atoms with van der Waals surface area (Å²) < 4.78 is 48.8. The van der Waals surface area contributed by atoms with E-state index in [1.54, 1.807) is 6.07 Å². The van der Waals surface area contributed by atoms with Crippen LogP contribution in [0.4, 0.5) is 17.6 Å².